The first-order valence-electron chi connectivity index (χ1n) is 4.97. The summed E-state index contributed by atoms with van der Waals surface area (Å²) in [7, 11) is 0. The standard InChI is InChI=1S/C11H11BrClNO2/c12-9-3-7-1-2-16-11(7)8(4-9)6-14-10(15)5-13/h3-4H,1-2,5-6H2,(H,14,15). The molecule has 1 aromatic rings. The fraction of sp³-hybridized carbons (Fsp3) is 0.364. The predicted molar refractivity (Wildman–Crippen MR) is 65.9 cm³/mol. The first-order chi connectivity index (χ1) is 7.70. The molecule has 1 N–H and O–H groups in total. The summed E-state index contributed by atoms with van der Waals surface area (Å²) >= 11 is 8.86. The maximum Gasteiger partial charge on any atom is 0.235 e. The second kappa shape index (κ2) is 5.06. The van der Waals surface area contributed by atoms with Crippen LogP contribution >= 0.6 is 27.5 Å². The molecule has 86 valence electrons. The summed E-state index contributed by atoms with van der Waals surface area (Å²) in [6.45, 7) is 1.16. The van der Waals surface area contributed by atoms with E-state index < -0.39 is 0 Å². The summed E-state index contributed by atoms with van der Waals surface area (Å²) in [4.78, 5) is 11.1. The third-order valence-corrected chi connectivity index (χ3v) is 3.12. The van der Waals surface area contributed by atoms with Gasteiger partial charge >= 0.3 is 0 Å². The molecule has 0 bridgehead atoms. The van der Waals surface area contributed by atoms with E-state index in [1.54, 1.807) is 0 Å². The van der Waals surface area contributed by atoms with E-state index >= 15 is 0 Å². The number of hydrogen-bond donors (Lipinski definition) is 1. The van der Waals surface area contributed by atoms with Crippen molar-refractivity contribution in [2.24, 2.45) is 0 Å². The van der Waals surface area contributed by atoms with Gasteiger partial charge in [-0.1, -0.05) is 15.9 Å². The van der Waals surface area contributed by atoms with E-state index in [0.717, 1.165) is 22.2 Å². The lowest BCUT2D eigenvalue weighted by Crippen LogP contribution is -2.23. The molecule has 0 aromatic heterocycles. The SMILES string of the molecule is O=C(CCl)NCc1cc(Br)cc2c1OCC2. The van der Waals surface area contributed by atoms with Gasteiger partial charge in [-0.25, -0.2) is 0 Å². The van der Waals surface area contributed by atoms with Crippen LogP contribution in [0, 0.1) is 0 Å². The van der Waals surface area contributed by atoms with Crippen molar-refractivity contribution in [3.05, 3.63) is 27.7 Å². The summed E-state index contributed by atoms with van der Waals surface area (Å²) in [5.74, 6) is 0.711. The molecule has 3 nitrogen and oxygen atoms in total. The number of hydrogen-bond acceptors (Lipinski definition) is 2. The van der Waals surface area contributed by atoms with Gasteiger partial charge in [-0.3, -0.25) is 4.79 Å². The topological polar surface area (TPSA) is 38.3 Å². The molecule has 0 unspecified atom stereocenters. The zero-order chi connectivity index (χ0) is 11.5. The van der Waals surface area contributed by atoms with Crippen LogP contribution in [0.5, 0.6) is 5.75 Å². The number of rotatable bonds is 3. The van der Waals surface area contributed by atoms with Crippen molar-refractivity contribution in [2.75, 3.05) is 12.5 Å². The van der Waals surface area contributed by atoms with E-state index in [-0.39, 0.29) is 11.8 Å². The van der Waals surface area contributed by atoms with Gasteiger partial charge in [0.05, 0.1) is 6.61 Å². The fourth-order valence-corrected chi connectivity index (χ4v) is 2.37. The number of benzene rings is 1. The van der Waals surface area contributed by atoms with Crippen LogP contribution in [0.15, 0.2) is 16.6 Å². The Hall–Kier alpha value is -0.740. The fourth-order valence-electron chi connectivity index (χ4n) is 1.72. The molecule has 0 saturated carbocycles. The van der Waals surface area contributed by atoms with Crippen LogP contribution in [0.2, 0.25) is 0 Å². The summed E-state index contributed by atoms with van der Waals surface area (Å²) in [5, 5.41) is 2.73. The van der Waals surface area contributed by atoms with Crippen molar-refractivity contribution in [3.8, 4) is 5.75 Å². The first kappa shape index (κ1) is 11.7. The summed E-state index contributed by atoms with van der Waals surface area (Å²) < 4.78 is 6.55. The molecule has 1 aliphatic heterocycles. The van der Waals surface area contributed by atoms with E-state index in [2.05, 4.69) is 27.3 Å². The molecular weight excluding hydrogens is 293 g/mol. The van der Waals surface area contributed by atoms with E-state index in [1.807, 2.05) is 6.07 Å². The number of nitrogens with one attached hydrogen (secondary N) is 1. The van der Waals surface area contributed by atoms with Crippen molar-refractivity contribution >= 4 is 33.4 Å². The second-order valence-electron chi connectivity index (χ2n) is 3.56. The number of carbonyl (C=O) groups excluding carboxylic acids is 1. The van der Waals surface area contributed by atoms with Crippen LogP contribution in [-0.4, -0.2) is 18.4 Å². The van der Waals surface area contributed by atoms with Gasteiger partial charge in [0.1, 0.15) is 11.6 Å². The molecule has 0 atom stereocenters. The van der Waals surface area contributed by atoms with Gasteiger partial charge in [-0.15, -0.1) is 11.6 Å². The molecule has 5 heteroatoms. The highest BCUT2D eigenvalue weighted by atomic mass is 79.9. The number of carbonyl (C=O) groups is 1. The average Bonchev–Trinajstić information content (AvgIpc) is 2.73. The lowest BCUT2D eigenvalue weighted by Gasteiger charge is -2.09. The number of fused-ring (bicyclic) bond motifs is 1. The van der Waals surface area contributed by atoms with Crippen molar-refractivity contribution in [2.45, 2.75) is 13.0 Å². The Morgan fingerprint density at radius 1 is 1.56 bits per heavy atom. The smallest absolute Gasteiger partial charge is 0.235 e. The normalized spacial score (nSPS) is 13.1. The summed E-state index contributed by atoms with van der Waals surface area (Å²) in [5.41, 5.74) is 2.17. The van der Waals surface area contributed by atoms with E-state index in [1.165, 1.54) is 5.56 Å². The van der Waals surface area contributed by atoms with E-state index in [0.29, 0.717) is 13.2 Å². The Bertz CT molecular complexity index is 423. The molecule has 0 saturated heterocycles. The van der Waals surface area contributed by atoms with Crippen molar-refractivity contribution in [1.29, 1.82) is 0 Å². The number of ether oxygens (including phenoxy) is 1. The lowest BCUT2D eigenvalue weighted by molar-refractivity contribution is -0.118. The largest absolute Gasteiger partial charge is 0.493 e. The Labute approximate surface area is 107 Å². The third-order valence-electron chi connectivity index (χ3n) is 2.42. The highest BCUT2D eigenvalue weighted by Crippen LogP contribution is 2.32. The molecule has 1 aliphatic rings. The van der Waals surface area contributed by atoms with Crippen LogP contribution < -0.4 is 10.1 Å². The van der Waals surface area contributed by atoms with Crippen LogP contribution in [0.1, 0.15) is 11.1 Å². The van der Waals surface area contributed by atoms with E-state index in [4.69, 9.17) is 16.3 Å². The number of alkyl halides is 1. The van der Waals surface area contributed by atoms with Gasteiger partial charge in [0.25, 0.3) is 0 Å². The van der Waals surface area contributed by atoms with Gasteiger partial charge < -0.3 is 10.1 Å². The van der Waals surface area contributed by atoms with Crippen LogP contribution in [0.25, 0.3) is 0 Å². The second-order valence-corrected chi connectivity index (χ2v) is 4.74. The molecule has 1 aromatic carbocycles. The van der Waals surface area contributed by atoms with Gasteiger partial charge in [0.15, 0.2) is 0 Å². The zero-order valence-corrected chi connectivity index (χ0v) is 10.9. The zero-order valence-electron chi connectivity index (χ0n) is 8.56. The minimum absolute atomic E-state index is 0.0168. The van der Waals surface area contributed by atoms with Gasteiger partial charge in [-0.2, -0.15) is 0 Å². The molecule has 0 fully saturated rings. The Kier molecular flexibility index (Phi) is 3.71. The monoisotopic (exact) mass is 303 g/mol. The maximum atomic E-state index is 11.1. The number of halogens is 2. The van der Waals surface area contributed by atoms with Gasteiger partial charge in [0, 0.05) is 23.0 Å². The molecule has 0 spiro atoms. The lowest BCUT2D eigenvalue weighted by atomic mass is 10.1. The molecule has 1 heterocycles. The summed E-state index contributed by atoms with van der Waals surface area (Å²) in [6, 6.07) is 4.01. The molecular formula is C11H11BrClNO2. The van der Waals surface area contributed by atoms with Crippen LogP contribution in [-0.2, 0) is 17.8 Å². The van der Waals surface area contributed by atoms with Crippen LogP contribution in [0.4, 0.5) is 0 Å². The van der Waals surface area contributed by atoms with Gasteiger partial charge in [0.2, 0.25) is 5.91 Å². The van der Waals surface area contributed by atoms with Crippen molar-refractivity contribution < 1.29 is 9.53 Å². The minimum atomic E-state index is -0.173. The third kappa shape index (κ3) is 2.50. The Balaban J connectivity index is 2.17. The molecule has 16 heavy (non-hydrogen) atoms. The molecule has 1 amide bonds. The maximum absolute atomic E-state index is 11.1. The Morgan fingerprint density at radius 3 is 3.12 bits per heavy atom. The van der Waals surface area contributed by atoms with Gasteiger partial charge in [-0.05, 0) is 17.7 Å². The van der Waals surface area contributed by atoms with Crippen molar-refractivity contribution in [1.82, 2.24) is 5.32 Å². The minimum Gasteiger partial charge on any atom is -0.493 e. The summed E-state index contributed by atoms with van der Waals surface area (Å²) in [6.07, 6.45) is 0.922. The Morgan fingerprint density at radius 2 is 2.38 bits per heavy atom. The number of amides is 1. The quantitative estimate of drug-likeness (QED) is 0.870. The first-order valence-corrected chi connectivity index (χ1v) is 6.30. The van der Waals surface area contributed by atoms with Crippen LogP contribution in [0.3, 0.4) is 0 Å². The average molecular weight is 305 g/mol. The highest BCUT2D eigenvalue weighted by Gasteiger charge is 2.17. The molecule has 0 radical (unpaired) electrons. The predicted octanol–water partition coefficient (Wildman–Crippen LogP) is 2.24. The highest BCUT2D eigenvalue weighted by molar-refractivity contribution is 9.10. The van der Waals surface area contributed by atoms with Crippen molar-refractivity contribution in [3.63, 3.8) is 0 Å². The van der Waals surface area contributed by atoms with E-state index in [9.17, 15) is 4.79 Å². The molecule has 0 aliphatic carbocycles. The molecule has 2 rings (SSSR count).